The first kappa shape index (κ1) is 25.3. The van der Waals surface area contributed by atoms with Crippen molar-refractivity contribution in [2.75, 3.05) is 27.3 Å². The highest BCUT2D eigenvalue weighted by atomic mass is 35.5. The highest BCUT2D eigenvalue weighted by molar-refractivity contribution is 6.32. The minimum atomic E-state index is -0.317. The largest absolute Gasteiger partial charge is 0.495 e. The van der Waals surface area contributed by atoms with Crippen LogP contribution < -0.4 is 20.1 Å². The van der Waals surface area contributed by atoms with Crippen molar-refractivity contribution < 1.29 is 19.1 Å². The zero-order valence-corrected chi connectivity index (χ0v) is 20.4. The molecule has 9 heteroatoms. The van der Waals surface area contributed by atoms with Gasteiger partial charge in [-0.3, -0.25) is 14.6 Å². The Kier molecular flexibility index (Phi) is 9.13. The lowest BCUT2D eigenvalue weighted by atomic mass is 10.1. The Balaban J connectivity index is 1.45. The van der Waals surface area contributed by atoms with Gasteiger partial charge in [-0.1, -0.05) is 35.3 Å². The molecular formula is C25H25Cl2N3O4. The third kappa shape index (κ3) is 6.85. The van der Waals surface area contributed by atoms with E-state index in [1.54, 1.807) is 38.5 Å². The zero-order valence-electron chi connectivity index (χ0n) is 18.9. The maximum atomic E-state index is 12.4. The van der Waals surface area contributed by atoms with Crippen LogP contribution in [0.1, 0.15) is 32.0 Å². The second kappa shape index (κ2) is 12.3. The number of halogens is 2. The fourth-order valence-corrected chi connectivity index (χ4v) is 3.79. The van der Waals surface area contributed by atoms with Gasteiger partial charge in [-0.25, -0.2) is 0 Å². The molecule has 0 aliphatic rings. The molecule has 2 aromatic carbocycles. The summed E-state index contributed by atoms with van der Waals surface area (Å²) in [5, 5.41) is 6.70. The molecule has 2 N–H and O–H groups in total. The molecule has 0 saturated heterocycles. The Morgan fingerprint density at radius 2 is 1.32 bits per heavy atom. The SMILES string of the molecule is COc1ccc(CCNC(=O)c2ccc(C(=O)NCCc3ccc(OC)c(Cl)c3)nc2)cc1Cl. The van der Waals surface area contributed by atoms with Gasteiger partial charge in [0, 0.05) is 19.3 Å². The Hall–Kier alpha value is -3.29. The standard InChI is InChI=1S/C25H25Cl2N3O4/c1-33-22-7-3-16(13-19(22)26)9-11-28-24(31)18-5-6-21(30-15-18)25(32)29-12-10-17-4-8-23(34-2)20(27)14-17/h3-8,13-15H,9-12H2,1-2H3,(H,28,31)(H,29,32). The molecule has 0 atom stereocenters. The van der Waals surface area contributed by atoms with Crippen molar-refractivity contribution >= 4 is 35.0 Å². The van der Waals surface area contributed by atoms with Crippen LogP contribution >= 0.6 is 23.2 Å². The molecule has 7 nitrogen and oxygen atoms in total. The van der Waals surface area contributed by atoms with Gasteiger partial charge in [-0.05, 0) is 60.4 Å². The first-order chi connectivity index (χ1) is 16.4. The first-order valence-electron chi connectivity index (χ1n) is 10.6. The van der Waals surface area contributed by atoms with E-state index in [1.807, 2.05) is 18.2 Å². The molecule has 1 heterocycles. The number of nitrogens with one attached hydrogen (secondary N) is 2. The van der Waals surface area contributed by atoms with E-state index in [4.69, 9.17) is 32.7 Å². The number of benzene rings is 2. The van der Waals surface area contributed by atoms with E-state index in [0.29, 0.717) is 53.0 Å². The fourth-order valence-electron chi connectivity index (χ4n) is 3.23. The van der Waals surface area contributed by atoms with Crippen LogP contribution in [-0.4, -0.2) is 44.1 Å². The molecule has 178 valence electrons. The van der Waals surface area contributed by atoms with Gasteiger partial charge in [0.15, 0.2) is 0 Å². The Bertz CT molecular complexity index is 1060. The average molecular weight is 502 g/mol. The van der Waals surface area contributed by atoms with Crippen molar-refractivity contribution in [2.45, 2.75) is 12.8 Å². The molecule has 0 bridgehead atoms. The van der Waals surface area contributed by atoms with Gasteiger partial charge in [0.2, 0.25) is 0 Å². The van der Waals surface area contributed by atoms with Crippen LogP contribution in [0.2, 0.25) is 10.0 Å². The Morgan fingerprint density at radius 1 is 0.794 bits per heavy atom. The number of amides is 2. The van der Waals surface area contributed by atoms with Gasteiger partial charge in [0.25, 0.3) is 11.8 Å². The predicted molar refractivity (Wildman–Crippen MR) is 132 cm³/mol. The summed E-state index contributed by atoms with van der Waals surface area (Å²) in [7, 11) is 3.12. The molecule has 1 aromatic heterocycles. The molecule has 0 aliphatic carbocycles. The molecule has 34 heavy (non-hydrogen) atoms. The second-order valence-electron chi connectivity index (χ2n) is 7.38. The molecule has 3 rings (SSSR count). The van der Waals surface area contributed by atoms with Crippen LogP contribution in [-0.2, 0) is 12.8 Å². The van der Waals surface area contributed by atoms with E-state index >= 15 is 0 Å². The summed E-state index contributed by atoms with van der Waals surface area (Å²) in [4.78, 5) is 28.8. The molecular weight excluding hydrogens is 477 g/mol. The smallest absolute Gasteiger partial charge is 0.269 e. The number of nitrogens with zero attached hydrogens (tertiary/aromatic N) is 1. The molecule has 0 aliphatic heterocycles. The molecule has 0 saturated carbocycles. The molecule has 2 amide bonds. The van der Waals surface area contributed by atoms with E-state index in [2.05, 4.69) is 15.6 Å². The minimum absolute atomic E-state index is 0.234. The van der Waals surface area contributed by atoms with Crippen LogP contribution in [0, 0.1) is 0 Å². The lowest BCUT2D eigenvalue weighted by molar-refractivity contribution is 0.0938. The molecule has 0 fully saturated rings. The Morgan fingerprint density at radius 3 is 1.76 bits per heavy atom. The topological polar surface area (TPSA) is 89.5 Å². The number of ether oxygens (including phenoxy) is 2. The average Bonchev–Trinajstić information content (AvgIpc) is 2.84. The van der Waals surface area contributed by atoms with E-state index in [-0.39, 0.29) is 17.5 Å². The third-order valence-electron chi connectivity index (χ3n) is 5.09. The molecule has 0 radical (unpaired) electrons. The number of carbonyl (C=O) groups is 2. The first-order valence-corrected chi connectivity index (χ1v) is 11.3. The maximum Gasteiger partial charge on any atom is 0.269 e. The second-order valence-corrected chi connectivity index (χ2v) is 8.20. The van der Waals surface area contributed by atoms with Crippen molar-refractivity contribution in [3.8, 4) is 11.5 Å². The number of methoxy groups -OCH3 is 2. The number of rotatable bonds is 10. The van der Waals surface area contributed by atoms with Crippen molar-refractivity contribution in [1.82, 2.24) is 15.6 Å². The highest BCUT2D eigenvalue weighted by Gasteiger charge is 2.11. The summed E-state index contributed by atoms with van der Waals surface area (Å²) in [5.41, 5.74) is 2.56. The third-order valence-corrected chi connectivity index (χ3v) is 5.68. The maximum absolute atomic E-state index is 12.4. The number of aromatic nitrogens is 1. The van der Waals surface area contributed by atoms with Gasteiger partial charge < -0.3 is 20.1 Å². The minimum Gasteiger partial charge on any atom is -0.495 e. The van der Waals surface area contributed by atoms with Gasteiger partial charge in [-0.2, -0.15) is 0 Å². The predicted octanol–water partition coefficient (Wildman–Crippen LogP) is 4.35. The molecule has 0 spiro atoms. The number of hydrogen-bond donors (Lipinski definition) is 2. The van der Waals surface area contributed by atoms with E-state index in [1.165, 1.54) is 12.3 Å². The van der Waals surface area contributed by atoms with Crippen LogP contribution in [0.25, 0.3) is 0 Å². The van der Waals surface area contributed by atoms with Gasteiger partial charge in [0.1, 0.15) is 17.2 Å². The van der Waals surface area contributed by atoms with E-state index < -0.39 is 0 Å². The normalized spacial score (nSPS) is 10.5. The zero-order chi connectivity index (χ0) is 24.5. The van der Waals surface area contributed by atoms with Crippen molar-refractivity contribution in [3.63, 3.8) is 0 Å². The summed E-state index contributed by atoms with van der Waals surface area (Å²) >= 11 is 12.2. The summed E-state index contributed by atoms with van der Waals surface area (Å²) in [5.74, 6) is 0.626. The van der Waals surface area contributed by atoms with Crippen molar-refractivity contribution in [1.29, 1.82) is 0 Å². The summed E-state index contributed by atoms with van der Waals surface area (Å²) in [6.45, 7) is 0.847. The summed E-state index contributed by atoms with van der Waals surface area (Å²) in [6, 6.07) is 14.1. The quantitative estimate of drug-likeness (QED) is 0.431. The number of carbonyl (C=O) groups excluding carboxylic acids is 2. The monoisotopic (exact) mass is 501 g/mol. The van der Waals surface area contributed by atoms with Gasteiger partial charge in [-0.15, -0.1) is 0 Å². The van der Waals surface area contributed by atoms with Crippen molar-refractivity contribution in [3.05, 3.63) is 87.2 Å². The lowest BCUT2D eigenvalue weighted by Gasteiger charge is -2.09. The van der Waals surface area contributed by atoms with Crippen LogP contribution in [0.5, 0.6) is 11.5 Å². The summed E-state index contributed by atoms with van der Waals surface area (Å²) in [6.07, 6.45) is 2.61. The molecule has 0 unspecified atom stereocenters. The van der Waals surface area contributed by atoms with Crippen LogP contribution in [0.4, 0.5) is 0 Å². The highest BCUT2D eigenvalue weighted by Crippen LogP contribution is 2.25. The number of hydrogen-bond acceptors (Lipinski definition) is 5. The van der Waals surface area contributed by atoms with Crippen molar-refractivity contribution in [2.24, 2.45) is 0 Å². The summed E-state index contributed by atoms with van der Waals surface area (Å²) < 4.78 is 10.3. The van der Waals surface area contributed by atoms with E-state index in [9.17, 15) is 9.59 Å². The van der Waals surface area contributed by atoms with Crippen LogP contribution in [0.3, 0.4) is 0 Å². The Labute approximate surface area is 208 Å². The lowest BCUT2D eigenvalue weighted by Crippen LogP contribution is -2.28. The van der Waals surface area contributed by atoms with E-state index in [0.717, 1.165) is 11.1 Å². The number of pyridine rings is 1. The fraction of sp³-hybridized carbons (Fsp3) is 0.240. The molecule has 3 aromatic rings. The van der Waals surface area contributed by atoms with Gasteiger partial charge in [0.05, 0.1) is 29.8 Å². The van der Waals surface area contributed by atoms with Crippen LogP contribution in [0.15, 0.2) is 54.7 Å². The van der Waals surface area contributed by atoms with Gasteiger partial charge >= 0.3 is 0 Å².